The maximum atomic E-state index is 11.5. The van der Waals surface area contributed by atoms with Gasteiger partial charge in [0.2, 0.25) is 0 Å². The van der Waals surface area contributed by atoms with Crippen LogP contribution in [0.5, 0.6) is 0 Å². The second-order valence-corrected chi connectivity index (χ2v) is 4.13. The van der Waals surface area contributed by atoms with Gasteiger partial charge in [0.15, 0.2) is 0 Å². The SMILES string of the molecule is CCOC(=O)CN(c1ccnc(C)n1)C1CC1. The van der Waals surface area contributed by atoms with Crippen molar-refractivity contribution in [2.45, 2.75) is 32.7 Å². The van der Waals surface area contributed by atoms with Gasteiger partial charge in [0.05, 0.1) is 6.61 Å². The minimum Gasteiger partial charge on any atom is -0.465 e. The van der Waals surface area contributed by atoms with Crippen molar-refractivity contribution in [3.05, 3.63) is 18.1 Å². The number of ether oxygens (including phenoxy) is 1. The fraction of sp³-hybridized carbons (Fsp3) is 0.583. The lowest BCUT2D eigenvalue weighted by atomic mass is 10.4. The number of aromatic nitrogens is 2. The molecule has 0 bridgehead atoms. The van der Waals surface area contributed by atoms with Gasteiger partial charge in [-0.05, 0) is 32.8 Å². The summed E-state index contributed by atoms with van der Waals surface area (Å²) in [7, 11) is 0. The monoisotopic (exact) mass is 235 g/mol. The molecule has 0 unspecified atom stereocenters. The summed E-state index contributed by atoms with van der Waals surface area (Å²) in [6.45, 7) is 4.35. The summed E-state index contributed by atoms with van der Waals surface area (Å²) in [4.78, 5) is 22.0. The molecule has 1 aromatic heterocycles. The van der Waals surface area contributed by atoms with Crippen LogP contribution < -0.4 is 4.90 Å². The summed E-state index contributed by atoms with van der Waals surface area (Å²) in [5.74, 6) is 1.33. The van der Waals surface area contributed by atoms with Crippen LogP contribution in [0.25, 0.3) is 0 Å². The van der Waals surface area contributed by atoms with Crippen molar-refractivity contribution in [1.82, 2.24) is 9.97 Å². The van der Waals surface area contributed by atoms with E-state index >= 15 is 0 Å². The summed E-state index contributed by atoms with van der Waals surface area (Å²) in [5.41, 5.74) is 0. The molecule has 1 heterocycles. The second kappa shape index (κ2) is 5.12. The van der Waals surface area contributed by atoms with E-state index in [1.54, 1.807) is 6.20 Å². The summed E-state index contributed by atoms with van der Waals surface area (Å²) in [6, 6.07) is 2.26. The Labute approximate surface area is 101 Å². The van der Waals surface area contributed by atoms with Gasteiger partial charge in [-0.3, -0.25) is 4.79 Å². The normalized spacial score (nSPS) is 14.5. The van der Waals surface area contributed by atoms with E-state index < -0.39 is 0 Å². The minimum atomic E-state index is -0.198. The lowest BCUT2D eigenvalue weighted by Crippen LogP contribution is -2.33. The van der Waals surface area contributed by atoms with Gasteiger partial charge < -0.3 is 9.64 Å². The van der Waals surface area contributed by atoms with E-state index in [2.05, 4.69) is 9.97 Å². The van der Waals surface area contributed by atoms with Crippen LogP contribution in [-0.2, 0) is 9.53 Å². The average molecular weight is 235 g/mol. The number of anilines is 1. The molecule has 1 aliphatic carbocycles. The highest BCUT2D eigenvalue weighted by Crippen LogP contribution is 2.30. The molecule has 0 spiro atoms. The van der Waals surface area contributed by atoms with Gasteiger partial charge in [0, 0.05) is 12.2 Å². The van der Waals surface area contributed by atoms with Crippen molar-refractivity contribution in [3.63, 3.8) is 0 Å². The molecule has 0 saturated heterocycles. The number of hydrogen-bond donors (Lipinski definition) is 0. The third kappa shape index (κ3) is 3.15. The fourth-order valence-electron chi connectivity index (χ4n) is 1.73. The van der Waals surface area contributed by atoms with Gasteiger partial charge >= 0.3 is 5.97 Å². The third-order valence-electron chi connectivity index (χ3n) is 2.65. The average Bonchev–Trinajstić information content (AvgIpc) is 3.10. The topological polar surface area (TPSA) is 55.3 Å². The predicted molar refractivity (Wildman–Crippen MR) is 63.8 cm³/mol. The molecule has 1 aromatic rings. The van der Waals surface area contributed by atoms with Crippen molar-refractivity contribution in [2.75, 3.05) is 18.1 Å². The third-order valence-corrected chi connectivity index (χ3v) is 2.65. The van der Waals surface area contributed by atoms with E-state index in [1.807, 2.05) is 24.8 Å². The molecule has 0 aliphatic heterocycles. The molecule has 0 N–H and O–H groups in total. The predicted octanol–water partition coefficient (Wildman–Crippen LogP) is 1.32. The first kappa shape index (κ1) is 11.8. The van der Waals surface area contributed by atoms with Crippen LogP contribution in [0.1, 0.15) is 25.6 Å². The van der Waals surface area contributed by atoms with Gasteiger partial charge in [-0.2, -0.15) is 0 Å². The lowest BCUT2D eigenvalue weighted by Gasteiger charge is -2.22. The Balaban J connectivity index is 2.09. The van der Waals surface area contributed by atoms with Crippen molar-refractivity contribution < 1.29 is 9.53 Å². The zero-order valence-corrected chi connectivity index (χ0v) is 10.2. The van der Waals surface area contributed by atoms with Crippen molar-refractivity contribution >= 4 is 11.8 Å². The van der Waals surface area contributed by atoms with Gasteiger partial charge in [0.1, 0.15) is 18.2 Å². The molecule has 0 radical (unpaired) electrons. The molecule has 0 amide bonds. The Morgan fingerprint density at radius 3 is 2.94 bits per heavy atom. The summed E-state index contributed by atoms with van der Waals surface area (Å²) < 4.78 is 4.98. The van der Waals surface area contributed by atoms with E-state index in [9.17, 15) is 4.79 Å². The molecule has 1 fully saturated rings. The molecule has 17 heavy (non-hydrogen) atoms. The zero-order chi connectivity index (χ0) is 12.3. The molecule has 5 heteroatoms. The number of nitrogens with zero attached hydrogens (tertiary/aromatic N) is 3. The standard InChI is InChI=1S/C12H17N3O2/c1-3-17-12(16)8-15(10-4-5-10)11-6-7-13-9(2)14-11/h6-7,10H,3-5,8H2,1-2H3. The van der Waals surface area contributed by atoms with Crippen LogP contribution in [0, 0.1) is 6.92 Å². The van der Waals surface area contributed by atoms with Crippen LogP contribution in [0.3, 0.4) is 0 Å². The maximum Gasteiger partial charge on any atom is 0.325 e. The first-order chi connectivity index (χ1) is 8.20. The summed E-state index contributed by atoms with van der Waals surface area (Å²) in [6.07, 6.45) is 3.95. The van der Waals surface area contributed by atoms with Crippen LogP contribution in [-0.4, -0.2) is 35.1 Å². The highest BCUT2D eigenvalue weighted by Gasteiger charge is 2.31. The van der Waals surface area contributed by atoms with Gasteiger partial charge in [-0.1, -0.05) is 0 Å². The first-order valence-electron chi connectivity index (χ1n) is 5.92. The van der Waals surface area contributed by atoms with E-state index in [1.165, 1.54) is 0 Å². The molecule has 1 saturated carbocycles. The van der Waals surface area contributed by atoms with Crippen LogP contribution >= 0.6 is 0 Å². The summed E-state index contributed by atoms with van der Waals surface area (Å²) >= 11 is 0. The molecule has 1 aliphatic rings. The molecular formula is C12H17N3O2. The Hall–Kier alpha value is -1.65. The number of hydrogen-bond acceptors (Lipinski definition) is 5. The fourth-order valence-corrected chi connectivity index (χ4v) is 1.73. The van der Waals surface area contributed by atoms with Crippen LogP contribution in [0.4, 0.5) is 5.82 Å². The van der Waals surface area contributed by atoms with E-state index in [-0.39, 0.29) is 12.5 Å². The van der Waals surface area contributed by atoms with Gasteiger partial charge in [-0.15, -0.1) is 0 Å². The van der Waals surface area contributed by atoms with E-state index in [0.29, 0.717) is 12.6 Å². The lowest BCUT2D eigenvalue weighted by molar-refractivity contribution is -0.141. The zero-order valence-electron chi connectivity index (χ0n) is 10.2. The first-order valence-corrected chi connectivity index (χ1v) is 5.92. The van der Waals surface area contributed by atoms with E-state index in [4.69, 9.17) is 4.74 Å². The molecule has 2 rings (SSSR count). The van der Waals surface area contributed by atoms with E-state index in [0.717, 1.165) is 24.5 Å². The van der Waals surface area contributed by atoms with Crippen molar-refractivity contribution in [3.8, 4) is 0 Å². The molecule has 0 aromatic carbocycles. The quantitative estimate of drug-likeness (QED) is 0.720. The number of rotatable bonds is 5. The highest BCUT2D eigenvalue weighted by atomic mass is 16.5. The number of carbonyl (C=O) groups excluding carboxylic acids is 1. The number of carbonyl (C=O) groups is 1. The Morgan fingerprint density at radius 2 is 2.35 bits per heavy atom. The van der Waals surface area contributed by atoms with Crippen LogP contribution in [0.2, 0.25) is 0 Å². The largest absolute Gasteiger partial charge is 0.465 e. The van der Waals surface area contributed by atoms with Gasteiger partial charge in [0.25, 0.3) is 0 Å². The van der Waals surface area contributed by atoms with Crippen molar-refractivity contribution in [1.29, 1.82) is 0 Å². The Morgan fingerprint density at radius 1 is 1.59 bits per heavy atom. The molecule has 92 valence electrons. The molecular weight excluding hydrogens is 218 g/mol. The minimum absolute atomic E-state index is 0.198. The smallest absolute Gasteiger partial charge is 0.325 e. The Kier molecular flexibility index (Phi) is 3.56. The highest BCUT2D eigenvalue weighted by molar-refractivity contribution is 5.75. The molecule has 5 nitrogen and oxygen atoms in total. The van der Waals surface area contributed by atoms with Crippen LogP contribution in [0.15, 0.2) is 12.3 Å². The maximum absolute atomic E-state index is 11.5. The van der Waals surface area contributed by atoms with Crippen molar-refractivity contribution in [2.24, 2.45) is 0 Å². The Bertz CT molecular complexity index is 404. The van der Waals surface area contributed by atoms with Gasteiger partial charge in [-0.25, -0.2) is 9.97 Å². The molecule has 0 atom stereocenters. The number of esters is 1. The number of aryl methyl sites for hydroxylation is 1. The summed E-state index contributed by atoms with van der Waals surface area (Å²) in [5, 5.41) is 0. The second-order valence-electron chi connectivity index (χ2n) is 4.13.